The summed E-state index contributed by atoms with van der Waals surface area (Å²) in [5.74, 6) is 0. The second kappa shape index (κ2) is 5.96. The number of hydrogen-bond acceptors (Lipinski definition) is 5. The molecule has 1 aromatic carbocycles. The van der Waals surface area contributed by atoms with Crippen LogP contribution in [0.25, 0.3) is 26.3 Å². The van der Waals surface area contributed by atoms with Crippen LogP contribution in [-0.2, 0) is 0 Å². The smallest absolute Gasteiger partial charge is 0.268 e. The maximum absolute atomic E-state index is 13.2. The largest absolute Gasteiger partial charge is 0.268 e. The molecule has 0 saturated heterocycles. The maximum Gasteiger partial charge on any atom is 0.268 e. The molecule has 4 rings (SSSR count). The third-order valence-electron chi connectivity index (χ3n) is 3.56. The van der Waals surface area contributed by atoms with E-state index in [2.05, 4.69) is 0 Å². The van der Waals surface area contributed by atoms with Gasteiger partial charge < -0.3 is 0 Å². The summed E-state index contributed by atoms with van der Waals surface area (Å²) >= 11 is 4.66. The van der Waals surface area contributed by atoms with Gasteiger partial charge in [-0.15, -0.1) is 22.7 Å². The van der Waals surface area contributed by atoms with Gasteiger partial charge in [0.15, 0.2) is 5.16 Å². The Morgan fingerprint density at radius 2 is 1.91 bits per heavy atom. The van der Waals surface area contributed by atoms with E-state index in [4.69, 9.17) is 4.98 Å². The molecule has 0 fully saturated rings. The van der Waals surface area contributed by atoms with Crippen molar-refractivity contribution < 1.29 is 0 Å². The third kappa shape index (κ3) is 2.43. The summed E-state index contributed by atoms with van der Waals surface area (Å²) < 4.78 is 1.71. The number of para-hydroxylation sites is 1. The Bertz CT molecular complexity index is 1020. The van der Waals surface area contributed by atoms with Crippen molar-refractivity contribution in [2.45, 2.75) is 5.16 Å². The van der Waals surface area contributed by atoms with E-state index in [0.717, 1.165) is 21.0 Å². The molecule has 0 aliphatic heterocycles. The van der Waals surface area contributed by atoms with Crippen LogP contribution < -0.4 is 5.56 Å². The van der Waals surface area contributed by atoms with Gasteiger partial charge in [0.2, 0.25) is 0 Å². The van der Waals surface area contributed by atoms with E-state index in [9.17, 15) is 4.79 Å². The number of benzene rings is 1. The standard InChI is InChI=1S/C17H12N2OS3/c1-21-17-18-15-14(12(10-23-15)13-8-5-9-22-13)16(20)19(17)11-6-3-2-4-7-11/h2-10H,1H3. The summed E-state index contributed by atoms with van der Waals surface area (Å²) in [5, 5.41) is 5.48. The number of aromatic nitrogens is 2. The van der Waals surface area contributed by atoms with Crippen LogP contribution in [0.2, 0.25) is 0 Å². The van der Waals surface area contributed by atoms with E-state index in [0.29, 0.717) is 10.5 Å². The van der Waals surface area contributed by atoms with Crippen molar-refractivity contribution in [2.24, 2.45) is 0 Å². The van der Waals surface area contributed by atoms with Crippen molar-refractivity contribution in [1.82, 2.24) is 9.55 Å². The van der Waals surface area contributed by atoms with Crippen molar-refractivity contribution in [2.75, 3.05) is 6.26 Å². The Morgan fingerprint density at radius 3 is 2.61 bits per heavy atom. The van der Waals surface area contributed by atoms with Gasteiger partial charge in [0.05, 0.1) is 11.1 Å². The topological polar surface area (TPSA) is 34.9 Å². The molecule has 3 aromatic heterocycles. The summed E-state index contributed by atoms with van der Waals surface area (Å²) in [6.45, 7) is 0. The average molecular weight is 356 g/mol. The highest BCUT2D eigenvalue weighted by Gasteiger charge is 2.17. The lowest BCUT2D eigenvalue weighted by Gasteiger charge is -2.10. The zero-order valence-electron chi connectivity index (χ0n) is 12.2. The van der Waals surface area contributed by atoms with Gasteiger partial charge in [0, 0.05) is 15.8 Å². The molecule has 0 spiro atoms. The van der Waals surface area contributed by atoms with Gasteiger partial charge in [-0.25, -0.2) is 4.98 Å². The van der Waals surface area contributed by atoms with Gasteiger partial charge in [-0.3, -0.25) is 9.36 Å². The predicted octanol–water partition coefficient (Wildman–Crippen LogP) is 4.90. The summed E-state index contributed by atoms with van der Waals surface area (Å²) in [4.78, 5) is 19.8. The third-order valence-corrected chi connectivity index (χ3v) is 5.98. The minimum Gasteiger partial charge on any atom is -0.268 e. The molecule has 114 valence electrons. The predicted molar refractivity (Wildman–Crippen MR) is 100 cm³/mol. The van der Waals surface area contributed by atoms with E-state index < -0.39 is 0 Å². The molecule has 3 nitrogen and oxygen atoms in total. The zero-order chi connectivity index (χ0) is 15.8. The van der Waals surface area contributed by atoms with Gasteiger partial charge in [0.25, 0.3) is 5.56 Å². The van der Waals surface area contributed by atoms with Crippen molar-refractivity contribution in [3.63, 3.8) is 0 Å². The van der Waals surface area contributed by atoms with Crippen LogP contribution in [0.3, 0.4) is 0 Å². The highest BCUT2D eigenvalue weighted by atomic mass is 32.2. The molecule has 0 radical (unpaired) electrons. The quantitative estimate of drug-likeness (QED) is 0.387. The fraction of sp³-hybridized carbons (Fsp3) is 0.0588. The van der Waals surface area contributed by atoms with E-state index in [1.165, 1.54) is 23.1 Å². The van der Waals surface area contributed by atoms with Crippen molar-refractivity contribution in [1.29, 1.82) is 0 Å². The molecular weight excluding hydrogens is 344 g/mol. The molecule has 0 bridgehead atoms. The van der Waals surface area contributed by atoms with Gasteiger partial charge in [0.1, 0.15) is 4.83 Å². The number of rotatable bonds is 3. The Balaban J connectivity index is 2.08. The summed E-state index contributed by atoms with van der Waals surface area (Å²) in [6.07, 6.45) is 1.95. The lowest BCUT2D eigenvalue weighted by Crippen LogP contribution is -2.21. The number of nitrogens with zero attached hydrogens (tertiary/aromatic N) is 2. The molecule has 0 saturated carbocycles. The van der Waals surface area contributed by atoms with Crippen LogP contribution in [-0.4, -0.2) is 15.8 Å². The van der Waals surface area contributed by atoms with Gasteiger partial charge in [-0.1, -0.05) is 36.0 Å². The van der Waals surface area contributed by atoms with Gasteiger partial charge in [-0.2, -0.15) is 0 Å². The normalized spacial score (nSPS) is 11.2. The Hall–Kier alpha value is -1.89. The van der Waals surface area contributed by atoms with E-state index in [1.807, 2.05) is 59.5 Å². The molecular formula is C17H12N2OS3. The first-order valence-electron chi connectivity index (χ1n) is 6.97. The highest BCUT2D eigenvalue weighted by Crippen LogP contribution is 2.34. The van der Waals surface area contributed by atoms with Crippen LogP contribution >= 0.6 is 34.4 Å². The minimum absolute atomic E-state index is 0.00444. The highest BCUT2D eigenvalue weighted by molar-refractivity contribution is 7.98. The molecule has 4 aromatic rings. The molecule has 6 heteroatoms. The van der Waals surface area contributed by atoms with Gasteiger partial charge >= 0.3 is 0 Å². The number of fused-ring (bicyclic) bond motifs is 1. The fourth-order valence-electron chi connectivity index (χ4n) is 2.53. The lowest BCUT2D eigenvalue weighted by molar-refractivity contribution is 0.825. The summed E-state index contributed by atoms with van der Waals surface area (Å²) in [5.41, 5.74) is 1.82. The molecule has 0 unspecified atom stereocenters. The fourth-order valence-corrected chi connectivity index (χ4v) is 4.89. The monoisotopic (exact) mass is 356 g/mol. The van der Waals surface area contributed by atoms with Crippen molar-refractivity contribution in [3.05, 3.63) is 63.6 Å². The number of hydrogen-bond donors (Lipinski definition) is 0. The van der Waals surface area contributed by atoms with E-state index in [1.54, 1.807) is 15.9 Å². The van der Waals surface area contributed by atoms with Crippen molar-refractivity contribution in [3.8, 4) is 16.1 Å². The second-order valence-corrected chi connectivity index (χ2v) is 7.46. The molecule has 3 heterocycles. The summed E-state index contributed by atoms with van der Waals surface area (Å²) in [6, 6.07) is 13.7. The van der Waals surface area contributed by atoms with E-state index >= 15 is 0 Å². The van der Waals surface area contributed by atoms with Crippen LogP contribution in [0.15, 0.2) is 63.2 Å². The number of thioether (sulfide) groups is 1. The molecule has 23 heavy (non-hydrogen) atoms. The number of thiophene rings is 2. The van der Waals surface area contributed by atoms with Gasteiger partial charge in [-0.05, 0) is 29.8 Å². The van der Waals surface area contributed by atoms with Crippen LogP contribution in [0, 0.1) is 0 Å². The first kappa shape index (κ1) is 14.7. The second-order valence-electron chi connectivity index (χ2n) is 4.88. The molecule has 0 aliphatic carbocycles. The van der Waals surface area contributed by atoms with Crippen molar-refractivity contribution >= 4 is 44.7 Å². The average Bonchev–Trinajstić information content (AvgIpc) is 3.24. The Labute approximate surface area is 145 Å². The first-order chi connectivity index (χ1) is 11.3. The SMILES string of the molecule is CSc1nc2scc(-c3cccs3)c2c(=O)n1-c1ccccc1. The molecule has 0 amide bonds. The summed E-state index contributed by atoms with van der Waals surface area (Å²) in [7, 11) is 0. The molecule has 0 atom stereocenters. The van der Waals surface area contributed by atoms with Crippen LogP contribution in [0.1, 0.15) is 0 Å². The zero-order valence-corrected chi connectivity index (χ0v) is 14.7. The first-order valence-corrected chi connectivity index (χ1v) is 9.95. The Morgan fingerprint density at radius 1 is 1.09 bits per heavy atom. The van der Waals surface area contributed by atoms with Crippen LogP contribution in [0.5, 0.6) is 0 Å². The maximum atomic E-state index is 13.2. The minimum atomic E-state index is -0.00444. The van der Waals surface area contributed by atoms with Crippen LogP contribution in [0.4, 0.5) is 0 Å². The molecule has 0 aliphatic rings. The lowest BCUT2D eigenvalue weighted by atomic mass is 10.2. The Kier molecular flexibility index (Phi) is 3.80. The molecule has 0 N–H and O–H groups in total. The van der Waals surface area contributed by atoms with E-state index in [-0.39, 0.29) is 5.56 Å².